The van der Waals surface area contributed by atoms with E-state index < -0.39 is 0 Å². The van der Waals surface area contributed by atoms with Crippen molar-refractivity contribution in [1.29, 1.82) is 5.26 Å². The summed E-state index contributed by atoms with van der Waals surface area (Å²) < 4.78 is 0. The molecule has 1 aromatic heterocycles. The fraction of sp³-hybridized carbons (Fsp3) is 0.294. The predicted octanol–water partition coefficient (Wildman–Crippen LogP) is 3.68. The Balaban J connectivity index is 1.64. The van der Waals surface area contributed by atoms with E-state index in [1.54, 1.807) is 11.3 Å². The highest BCUT2D eigenvalue weighted by Crippen LogP contribution is 2.38. The normalized spacial score (nSPS) is 12.7. The van der Waals surface area contributed by atoms with E-state index in [0.29, 0.717) is 12.0 Å². The second kappa shape index (κ2) is 6.11. The molecular formula is C17H16N2OS. The number of nitrogens with zero attached hydrogens (tertiary/aromatic N) is 1. The summed E-state index contributed by atoms with van der Waals surface area (Å²) in [4.78, 5) is 13.3. The molecule has 1 amide bonds. The van der Waals surface area contributed by atoms with Crippen LogP contribution in [0.2, 0.25) is 0 Å². The number of carbonyl (C=O) groups excluding carboxylic acids is 1. The van der Waals surface area contributed by atoms with Crippen molar-refractivity contribution in [3.05, 3.63) is 51.9 Å². The molecule has 1 aliphatic carbocycles. The number of nitriles is 1. The van der Waals surface area contributed by atoms with Crippen LogP contribution in [0.3, 0.4) is 0 Å². The molecule has 0 aliphatic heterocycles. The molecule has 0 saturated carbocycles. The minimum absolute atomic E-state index is 0.0183. The first-order valence-corrected chi connectivity index (χ1v) is 7.98. The molecule has 106 valence electrons. The highest BCUT2D eigenvalue weighted by Gasteiger charge is 2.22. The van der Waals surface area contributed by atoms with Crippen molar-refractivity contribution in [2.24, 2.45) is 0 Å². The van der Waals surface area contributed by atoms with Crippen LogP contribution in [0.25, 0.3) is 0 Å². The van der Waals surface area contributed by atoms with Gasteiger partial charge >= 0.3 is 0 Å². The fourth-order valence-corrected chi connectivity index (χ4v) is 3.96. The first kappa shape index (κ1) is 13.8. The molecule has 0 atom stereocenters. The van der Waals surface area contributed by atoms with Gasteiger partial charge in [0, 0.05) is 11.3 Å². The van der Waals surface area contributed by atoms with Gasteiger partial charge in [-0.3, -0.25) is 4.79 Å². The molecule has 4 heteroatoms. The van der Waals surface area contributed by atoms with Crippen LogP contribution in [0.1, 0.15) is 34.4 Å². The van der Waals surface area contributed by atoms with Gasteiger partial charge < -0.3 is 5.32 Å². The summed E-state index contributed by atoms with van der Waals surface area (Å²) in [5.74, 6) is -0.0183. The van der Waals surface area contributed by atoms with Crippen molar-refractivity contribution >= 4 is 22.2 Å². The van der Waals surface area contributed by atoms with E-state index in [-0.39, 0.29) is 5.91 Å². The molecule has 0 radical (unpaired) electrons. The molecule has 3 rings (SSSR count). The summed E-state index contributed by atoms with van der Waals surface area (Å²) >= 11 is 1.57. The van der Waals surface area contributed by atoms with Gasteiger partial charge in [-0.2, -0.15) is 5.26 Å². The lowest BCUT2D eigenvalue weighted by atomic mass is 10.1. The Labute approximate surface area is 128 Å². The highest BCUT2D eigenvalue weighted by molar-refractivity contribution is 7.16. The number of aryl methyl sites for hydroxylation is 2. The first-order chi connectivity index (χ1) is 10.3. The van der Waals surface area contributed by atoms with E-state index in [9.17, 15) is 10.1 Å². The molecule has 0 bridgehead atoms. The lowest BCUT2D eigenvalue weighted by molar-refractivity contribution is -0.116. The third-order valence-corrected chi connectivity index (χ3v) is 4.98. The molecule has 0 unspecified atom stereocenters. The number of nitrogens with one attached hydrogen (secondary N) is 1. The molecule has 1 aromatic carbocycles. The molecule has 1 heterocycles. The number of thiophene rings is 1. The van der Waals surface area contributed by atoms with Crippen molar-refractivity contribution in [2.45, 2.75) is 32.1 Å². The number of hydrogen-bond acceptors (Lipinski definition) is 3. The Bertz CT molecular complexity index is 698. The maximum Gasteiger partial charge on any atom is 0.225 e. The smallest absolute Gasteiger partial charge is 0.225 e. The number of fused-ring (bicyclic) bond motifs is 1. The van der Waals surface area contributed by atoms with Crippen molar-refractivity contribution in [1.82, 2.24) is 0 Å². The topological polar surface area (TPSA) is 52.9 Å². The number of amides is 1. The second-order valence-electron chi connectivity index (χ2n) is 5.21. The third kappa shape index (κ3) is 2.98. The molecule has 1 N–H and O–H groups in total. The van der Waals surface area contributed by atoms with Gasteiger partial charge in [0.15, 0.2) is 0 Å². The lowest BCUT2D eigenvalue weighted by Crippen LogP contribution is -2.12. The third-order valence-electron chi connectivity index (χ3n) is 3.77. The molecule has 3 nitrogen and oxygen atoms in total. The van der Waals surface area contributed by atoms with Gasteiger partial charge in [0.2, 0.25) is 5.91 Å². The van der Waals surface area contributed by atoms with Crippen molar-refractivity contribution in [3.63, 3.8) is 0 Å². The SMILES string of the molecule is N#Cc1c(NC(=O)CCc2ccccc2)sc2c1CCC2. The van der Waals surface area contributed by atoms with Crippen LogP contribution < -0.4 is 5.32 Å². The summed E-state index contributed by atoms with van der Waals surface area (Å²) in [6, 6.07) is 12.2. The minimum atomic E-state index is -0.0183. The van der Waals surface area contributed by atoms with Crippen LogP contribution in [-0.4, -0.2) is 5.91 Å². The zero-order valence-corrected chi connectivity index (χ0v) is 12.5. The van der Waals surface area contributed by atoms with Gasteiger partial charge in [-0.25, -0.2) is 0 Å². The van der Waals surface area contributed by atoms with Crippen LogP contribution in [0, 0.1) is 11.3 Å². The maximum atomic E-state index is 12.1. The Morgan fingerprint density at radius 3 is 2.86 bits per heavy atom. The Hall–Kier alpha value is -2.12. The van der Waals surface area contributed by atoms with Crippen molar-refractivity contribution < 1.29 is 4.79 Å². The van der Waals surface area contributed by atoms with Gasteiger partial charge in [0.1, 0.15) is 11.1 Å². The van der Waals surface area contributed by atoms with Crippen LogP contribution in [0.4, 0.5) is 5.00 Å². The predicted molar refractivity (Wildman–Crippen MR) is 84.5 cm³/mol. The van der Waals surface area contributed by atoms with Crippen LogP contribution >= 0.6 is 11.3 Å². The summed E-state index contributed by atoms with van der Waals surface area (Å²) in [5, 5.41) is 13.0. The van der Waals surface area contributed by atoms with Crippen LogP contribution in [0.5, 0.6) is 0 Å². The van der Waals surface area contributed by atoms with E-state index in [1.807, 2.05) is 30.3 Å². The molecule has 0 fully saturated rings. The largest absolute Gasteiger partial charge is 0.317 e. The summed E-state index contributed by atoms with van der Waals surface area (Å²) in [5.41, 5.74) is 2.99. The number of anilines is 1. The molecule has 0 saturated heterocycles. The minimum Gasteiger partial charge on any atom is -0.317 e. The quantitative estimate of drug-likeness (QED) is 0.935. The van der Waals surface area contributed by atoms with E-state index in [2.05, 4.69) is 11.4 Å². The molecule has 21 heavy (non-hydrogen) atoms. The van der Waals surface area contributed by atoms with Gasteiger partial charge in [0.05, 0.1) is 5.56 Å². The lowest BCUT2D eigenvalue weighted by Gasteiger charge is -2.04. The monoisotopic (exact) mass is 296 g/mol. The molecule has 0 spiro atoms. The van der Waals surface area contributed by atoms with Crippen LogP contribution in [-0.2, 0) is 24.1 Å². The first-order valence-electron chi connectivity index (χ1n) is 7.16. The van der Waals surface area contributed by atoms with Gasteiger partial charge in [-0.05, 0) is 36.8 Å². The summed E-state index contributed by atoms with van der Waals surface area (Å²) in [6.07, 6.45) is 4.29. The Morgan fingerprint density at radius 2 is 2.10 bits per heavy atom. The number of rotatable bonds is 4. The van der Waals surface area contributed by atoms with Gasteiger partial charge in [-0.1, -0.05) is 30.3 Å². The molecule has 2 aromatic rings. The van der Waals surface area contributed by atoms with E-state index in [0.717, 1.165) is 41.8 Å². The number of carbonyl (C=O) groups is 1. The second-order valence-corrected chi connectivity index (χ2v) is 6.31. The van der Waals surface area contributed by atoms with Crippen molar-refractivity contribution in [2.75, 3.05) is 5.32 Å². The number of benzene rings is 1. The van der Waals surface area contributed by atoms with Crippen molar-refractivity contribution in [3.8, 4) is 6.07 Å². The fourth-order valence-electron chi connectivity index (χ4n) is 2.70. The van der Waals surface area contributed by atoms with Gasteiger partial charge in [0.25, 0.3) is 0 Å². The molecule has 1 aliphatic rings. The van der Waals surface area contributed by atoms with E-state index in [4.69, 9.17) is 0 Å². The van der Waals surface area contributed by atoms with Gasteiger partial charge in [-0.15, -0.1) is 11.3 Å². The summed E-state index contributed by atoms with van der Waals surface area (Å²) in [6.45, 7) is 0. The average molecular weight is 296 g/mol. The molecular weight excluding hydrogens is 280 g/mol. The van der Waals surface area contributed by atoms with E-state index >= 15 is 0 Å². The van der Waals surface area contributed by atoms with E-state index in [1.165, 1.54) is 4.88 Å². The standard InChI is InChI=1S/C17H16N2OS/c18-11-14-13-7-4-8-15(13)21-17(14)19-16(20)10-9-12-5-2-1-3-6-12/h1-3,5-6H,4,7-10H2,(H,19,20). The summed E-state index contributed by atoms with van der Waals surface area (Å²) in [7, 11) is 0. The zero-order chi connectivity index (χ0) is 14.7. The zero-order valence-electron chi connectivity index (χ0n) is 11.7. The van der Waals surface area contributed by atoms with Crippen LogP contribution in [0.15, 0.2) is 30.3 Å². The maximum absolute atomic E-state index is 12.1. The Kier molecular flexibility index (Phi) is 4.03. The number of hydrogen-bond donors (Lipinski definition) is 1. The average Bonchev–Trinajstić information content (AvgIpc) is 3.06. The highest BCUT2D eigenvalue weighted by atomic mass is 32.1. The Morgan fingerprint density at radius 1 is 1.29 bits per heavy atom.